The zero-order valence-corrected chi connectivity index (χ0v) is 25.7. The van der Waals surface area contributed by atoms with Crippen LogP contribution in [0.3, 0.4) is 0 Å². The summed E-state index contributed by atoms with van der Waals surface area (Å²) in [7, 11) is 0. The number of carbonyl (C=O) groups excluding carboxylic acids is 1. The average Bonchev–Trinajstić information content (AvgIpc) is 3.40. The number of fused-ring (bicyclic) bond motifs is 1. The number of para-hydroxylation sites is 1. The molecule has 2 aliphatic carbocycles. The lowest BCUT2D eigenvalue weighted by Crippen LogP contribution is -2.51. The van der Waals surface area contributed by atoms with Crippen LogP contribution in [-0.2, 0) is 6.42 Å². The zero-order chi connectivity index (χ0) is 29.1. The van der Waals surface area contributed by atoms with Crippen molar-refractivity contribution >= 4 is 45.2 Å². The predicted octanol–water partition coefficient (Wildman–Crippen LogP) is 7.64. The van der Waals surface area contributed by atoms with Crippen molar-refractivity contribution in [2.45, 2.75) is 75.3 Å². The number of nitrogens with two attached hydrogens (primary N) is 1. The molecular weight excluding hydrogens is 559 g/mol. The molecule has 1 unspecified atom stereocenters. The summed E-state index contributed by atoms with van der Waals surface area (Å²) >= 11 is 3.21. The van der Waals surface area contributed by atoms with E-state index in [1.54, 1.807) is 11.3 Å². The molecule has 1 aromatic heterocycles. The SMILES string of the molecule is CCC1(CC2CCC2)CC(NC(=O)c2cccc(SNC(Cc3cccc(C(=N)N)c3)c3nc4ccccc4s3)c2)C1. The molecule has 0 bridgehead atoms. The van der Waals surface area contributed by atoms with Crippen LogP contribution in [0.4, 0.5) is 0 Å². The number of amides is 1. The predicted molar refractivity (Wildman–Crippen MR) is 174 cm³/mol. The van der Waals surface area contributed by atoms with Gasteiger partial charge in [-0.15, -0.1) is 11.3 Å². The minimum absolute atomic E-state index is 0.0135. The first-order chi connectivity index (χ1) is 20.4. The van der Waals surface area contributed by atoms with Crippen LogP contribution in [0, 0.1) is 16.7 Å². The first-order valence-corrected chi connectivity index (χ1v) is 16.6. The van der Waals surface area contributed by atoms with Crippen LogP contribution < -0.4 is 15.8 Å². The number of nitrogens with one attached hydrogen (secondary N) is 3. The van der Waals surface area contributed by atoms with E-state index in [4.69, 9.17) is 16.1 Å². The van der Waals surface area contributed by atoms with Gasteiger partial charge in [0.25, 0.3) is 5.91 Å². The lowest BCUT2D eigenvalue weighted by atomic mass is 9.58. The fraction of sp³-hybridized carbons (Fsp3) is 0.382. The van der Waals surface area contributed by atoms with Crippen molar-refractivity contribution in [2.75, 3.05) is 0 Å². The van der Waals surface area contributed by atoms with Crippen LogP contribution in [0.2, 0.25) is 0 Å². The molecule has 5 N–H and O–H groups in total. The molecule has 1 atom stereocenters. The smallest absolute Gasteiger partial charge is 0.251 e. The second kappa shape index (κ2) is 12.6. The van der Waals surface area contributed by atoms with Gasteiger partial charge in [0, 0.05) is 22.1 Å². The number of benzene rings is 3. The minimum atomic E-state index is -0.0695. The highest BCUT2D eigenvalue weighted by Gasteiger charge is 2.45. The molecule has 6 rings (SSSR count). The number of carbonyl (C=O) groups is 1. The Balaban J connectivity index is 1.12. The summed E-state index contributed by atoms with van der Waals surface area (Å²) in [4.78, 5) is 19.1. The van der Waals surface area contributed by atoms with Crippen molar-refractivity contribution < 1.29 is 4.79 Å². The van der Waals surface area contributed by atoms with Gasteiger partial charge in [0.2, 0.25) is 0 Å². The minimum Gasteiger partial charge on any atom is -0.384 e. The number of amidine groups is 1. The van der Waals surface area contributed by atoms with E-state index in [9.17, 15) is 4.79 Å². The normalized spacial score (nSPS) is 20.9. The fourth-order valence-corrected chi connectivity index (χ4v) is 8.32. The van der Waals surface area contributed by atoms with Gasteiger partial charge in [0.15, 0.2) is 0 Å². The molecular formula is C34H39N5OS2. The van der Waals surface area contributed by atoms with Gasteiger partial charge in [0.1, 0.15) is 10.8 Å². The first-order valence-electron chi connectivity index (χ1n) is 15.0. The van der Waals surface area contributed by atoms with Crippen molar-refractivity contribution in [3.63, 3.8) is 0 Å². The second-order valence-corrected chi connectivity index (χ2v) is 14.0. The standard InChI is InChI=1S/C34H39N5OS2/c1-2-34(19-22-8-5-9-22)20-26(21-34)37-32(40)25-12-7-13-27(18-25)42-39-29(17-23-10-6-11-24(16-23)31(35)36)33-38-28-14-3-4-15-30(28)41-33/h3-4,6-7,10-16,18,22,26,29,39H,2,5,8-9,17,19-21H2,1H3,(H3,35,36)(H,37,40). The highest BCUT2D eigenvalue weighted by molar-refractivity contribution is 7.97. The van der Waals surface area contributed by atoms with E-state index in [2.05, 4.69) is 29.1 Å². The van der Waals surface area contributed by atoms with Crippen LogP contribution in [0.15, 0.2) is 77.7 Å². The van der Waals surface area contributed by atoms with Crippen LogP contribution in [-0.4, -0.2) is 22.8 Å². The van der Waals surface area contributed by atoms with Gasteiger partial charge >= 0.3 is 0 Å². The Kier molecular flexibility index (Phi) is 8.65. The van der Waals surface area contributed by atoms with Gasteiger partial charge in [-0.05, 0) is 90.9 Å². The van der Waals surface area contributed by atoms with E-state index in [0.29, 0.717) is 23.0 Å². The van der Waals surface area contributed by atoms with Crippen LogP contribution in [0.1, 0.15) is 84.4 Å². The molecule has 8 heteroatoms. The van der Waals surface area contributed by atoms with Gasteiger partial charge in [-0.1, -0.05) is 69.0 Å². The van der Waals surface area contributed by atoms with Crippen LogP contribution >= 0.6 is 23.3 Å². The van der Waals surface area contributed by atoms with E-state index in [0.717, 1.165) is 44.4 Å². The largest absolute Gasteiger partial charge is 0.384 e. The van der Waals surface area contributed by atoms with Gasteiger partial charge < -0.3 is 11.1 Å². The van der Waals surface area contributed by atoms with E-state index < -0.39 is 0 Å². The molecule has 4 aromatic rings. The van der Waals surface area contributed by atoms with Gasteiger partial charge in [-0.2, -0.15) is 0 Å². The molecule has 1 amide bonds. The molecule has 0 spiro atoms. The maximum absolute atomic E-state index is 13.2. The Labute approximate surface area is 256 Å². The first kappa shape index (κ1) is 28.9. The lowest BCUT2D eigenvalue weighted by molar-refractivity contribution is 0.0300. The van der Waals surface area contributed by atoms with Crippen LogP contribution in [0.5, 0.6) is 0 Å². The van der Waals surface area contributed by atoms with Crippen molar-refractivity contribution in [3.8, 4) is 0 Å². The van der Waals surface area contributed by atoms with Crippen molar-refractivity contribution in [3.05, 3.63) is 94.5 Å². The highest BCUT2D eigenvalue weighted by atomic mass is 32.2. The van der Waals surface area contributed by atoms with Crippen molar-refractivity contribution in [1.29, 1.82) is 5.41 Å². The Bertz CT molecular complexity index is 1540. The van der Waals surface area contributed by atoms with Crippen molar-refractivity contribution in [1.82, 2.24) is 15.0 Å². The van der Waals surface area contributed by atoms with Crippen LogP contribution in [0.25, 0.3) is 10.2 Å². The summed E-state index contributed by atoms with van der Waals surface area (Å²) in [5.41, 5.74) is 9.67. The Morgan fingerprint density at radius 2 is 1.88 bits per heavy atom. The number of aromatic nitrogens is 1. The van der Waals surface area contributed by atoms with Gasteiger partial charge in [-0.3, -0.25) is 10.2 Å². The van der Waals surface area contributed by atoms with E-state index in [1.807, 2.05) is 60.7 Å². The van der Waals surface area contributed by atoms with Crippen molar-refractivity contribution in [2.24, 2.45) is 17.1 Å². The molecule has 2 fully saturated rings. The second-order valence-electron chi connectivity index (χ2n) is 12.1. The summed E-state index contributed by atoms with van der Waals surface area (Å²) in [5.74, 6) is 0.985. The van der Waals surface area contributed by atoms with Gasteiger partial charge in [0.05, 0.1) is 16.3 Å². The fourth-order valence-electron chi connectivity index (χ4n) is 6.43. The van der Waals surface area contributed by atoms with E-state index >= 15 is 0 Å². The molecule has 3 aromatic carbocycles. The van der Waals surface area contributed by atoms with E-state index in [1.165, 1.54) is 44.1 Å². The zero-order valence-electron chi connectivity index (χ0n) is 24.1. The number of hydrogen-bond donors (Lipinski definition) is 4. The lowest BCUT2D eigenvalue weighted by Gasteiger charge is -2.50. The number of nitrogens with zero attached hydrogens (tertiary/aromatic N) is 1. The summed E-state index contributed by atoms with van der Waals surface area (Å²) < 4.78 is 4.78. The third-order valence-corrected chi connectivity index (χ3v) is 11.1. The summed E-state index contributed by atoms with van der Waals surface area (Å²) in [6.07, 6.45) is 9.62. The molecule has 1 heterocycles. The Hall–Kier alpha value is -3.20. The average molecular weight is 598 g/mol. The maximum atomic E-state index is 13.2. The molecule has 2 aliphatic rings. The number of hydrogen-bond acceptors (Lipinski definition) is 6. The molecule has 0 radical (unpaired) electrons. The quantitative estimate of drug-likeness (QED) is 0.0763. The molecule has 0 saturated heterocycles. The summed E-state index contributed by atoms with van der Waals surface area (Å²) in [5, 5.41) is 12.1. The maximum Gasteiger partial charge on any atom is 0.251 e. The third kappa shape index (κ3) is 6.56. The number of nitrogen functional groups attached to an aromatic ring is 1. The van der Waals surface area contributed by atoms with Gasteiger partial charge in [-0.25, -0.2) is 9.71 Å². The third-order valence-electron chi connectivity index (χ3n) is 9.09. The topological polar surface area (TPSA) is 104 Å². The number of thiazole rings is 1. The molecule has 42 heavy (non-hydrogen) atoms. The molecule has 0 aliphatic heterocycles. The highest BCUT2D eigenvalue weighted by Crippen LogP contribution is 2.51. The molecule has 2 saturated carbocycles. The van der Waals surface area contributed by atoms with E-state index in [-0.39, 0.29) is 23.8 Å². The summed E-state index contributed by atoms with van der Waals surface area (Å²) in [6.45, 7) is 2.31. The molecule has 218 valence electrons. The Morgan fingerprint density at radius 1 is 1.10 bits per heavy atom. The number of rotatable bonds is 12. The summed E-state index contributed by atoms with van der Waals surface area (Å²) in [6, 6.07) is 24.1. The monoisotopic (exact) mass is 597 g/mol. The molecule has 6 nitrogen and oxygen atoms in total. The Morgan fingerprint density at radius 3 is 2.62 bits per heavy atom.